The predicted octanol–water partition coefficient (Wildman–Crippen LogP) is 7.80. The smallest absolute Gasteiger partial charge is 0.119 e. The summed E-state index contributed by atoms with van der Waals surface area (Å²) >= 11 is 0. The Bertz CT molecular complexity index is 851. The number of hydrogen-bond donors (Lipinski definition) is 0. The maximum absolute atomic E-state index is 5.88. The lowest BCUT2D eigenvalue weighted by Crippen LogP contribution is -1.98. The quantitative estimate of drug-likeness (QED) is 0.273. The number of benzene rings is 3. The van der Waals surface area contributed by atoms with Gasteiger partial charge in [-0.15, -0.1) is 0 Å². The lowest BCUT2D eigenvalue weighted by molar-refractivity contribution is 0.297. The van der Waals surface area contributed by atoms with E-state index in [4.69, 9.17) is 9.47 Å². The van der Waals surface area contributed by atoms with Crippen molar-refractivity contribution in [3.63, 3.8) is 0 Å². The van der Waals surface area contributed by atoms with Crippen LogP contribution in [0.15, 0.2) is 85.4 Å². The first-order chi connectivity index (χ1) is 14.8. The molecule has 0 aliphatic rings. The minimum absolute atomic E-state index is 0.786. The van der Waals surface area contributed by atoms with Gasteiger partial charge in [0.1, 0.15) is 11.5 Å². The molecule has 0 spiro atoms. The zero-order chi connectivity index (χ0) is 20.9. The summed E-state index contributed by atoms with van der Waals surface area (Å²) in [5.74, 6) is 1.89. The second-order valence-corrected chi connectivity index (χ2v) is 7.48. The summed E-state index contributed by atoms with van der Waals surface area (Å²) in [5.41, 5.74) is 3.58. The number of hydrogen-bond acceptors (Lipinski definition) is 2. The first kappa shape index (κ1) is 21.7. The average Bonchev–Trinajstić information content (AvgIpc) is 2.81. The molecule has 2 nitrogen and oxygen atoms in total. The van der Waals surface area contributed by atoms with E-state index >= 15 is 0 Å². The van der Waals surface area contributed by atoms with Gasteiger partial charge in [0, 0.05) is 0 Å². The van der Waals surface area contributed by atoms with Crippen LogP contribution in [0.5, 0.6) is 11.5 Å². The fraction of sp³-hybridized carbons (Fsp3) is 0.286. The number of rotatable bonds is 13. The van der Waals surface area contributed by atoms with Gasteiger partial charge in [0.25, 0.3) is 0 Å². The lowest BCUT2D eigenvalue weighted by Gasteiger charge is -2.08. The van der Waals surface area contributed by atoms with Crippen molar-refractivity contribution in [3.8, 4) is 22.6 Å². The van der Waals surface area contributed by atoms with Crippen LogP contribution in [0.3, 0.4) is 0 Å². The number of ether oxygens (including phenoxy) is 2. The molecule has 0 aromatic heterocycles. The van der Waals surface area contributed by atoms with Gasteiger partial charge in [0.05, 0.1) is 13.2 Å². The Morgan fingerprint density at radius 3 is 1.53 bits per heavy atom. The third kappa shape index (κ3) is 7.44. The molecular formula is C28H32O2. The molecule has 0 aliphatic carbocycles. The minimum atomic E-state index is 0.786. The fourth-order valence-corrected chi connectivity index (χ4v) is 3.37. The molecule has 0 bridgehead atoms. The van der Waals surface area contributed by atoms with E-state index in [0.29, 0.717) is 0 Å². The first-order valence-corrected chi connectivity index (χ1v) is 11.0. The molecule has 0 fully saturated rings. The van der Waals surface area contributed by atoms with Crippen molar-refractivity contribution < 1.29 is 9.47 Å². The first-order valence-electron chi connectivity index (χ1n) is 11.0. The Morgan fingerprint density at radius 1 is 0.533 bits per heavy atom. The van der Waals surface area contributed by atoms with Crippen LogP contribution in [-0.4, -0.2) is 13.2 Å². The second kappa shape index (κ2) is 12.5. The van der Waals surface area contributed by atoms with Crippen LogP contribution >= 0.6 is 0 Å². The minimum Gasteiger partial charge on any atom is -0.494 e. The molecule has 0 saturated heterocycles. The van der Waals surface area contributed by atoms with Crippen LogP contribution < -0.4 is 9.47 Å². The van der Waals surface area contributed by atoms with Crippen LogP contribution in [-0.2, 0) is 0 Å². The largest absolute Gasteiger partial charge is 0.494 e. The van der Waals surface area contributed by atoms with Crippen molar-refractivity contribution in [1.82, 2.24) is 0 Å². The van der Waals surface area contributed by atoms with Gasteiger partial charge in [-0.1, -0.05) is 92.9 Å². The third-order valence-corrected chi connectivity index (χ3v) is 5.15. The van der Waals surface area contributed by atoms with Gasteiger partial charge in [0.15, 0.2) is 0 Å². The summed E-state index contributed by atoms with van der Waals surface area (Å²) < 4.78 is 11.7. The van der Waals surface area contributed by atoms with Crippen molar-refractivity contribution in [1.29, 1.82) is 0 Å². The van der Waals surface area contributed by atoms with Gasteiger partial charge < -0.3 is 9.47 Å². The summed E-state index contributed by atoms with van der Waals surface area (Å²) in [6.07, 6.45) is 8.99. The predicted molar refractivity (Wildman–Crippen MR) is 127 cm³/mol. The Morgan fingerprint density at radius 2 is 1.00 bits per heavy atom. The highest BCUT2D eigenvalue weighted by Gasteiger charge is 1.99. The van der Waals surface area contributed by atoms with Crippen molar-refractivity contribution in [3.05, 3.63) is 91.0 Å². The van der Waals surface area contributed by atoms with E-state index in [-0.39, 0.29) is 0 Å². The zero-order valence-electron chi connectivity index (χ0n) is 17.8. The molecule has 0 saturated carbocycles. The molecular weight excluding hydrogens is 368 g/mol. The molecule has 2 heteroatoms. The number of unbranched alkanes of at least 4 members (excludes halogenated alkanes) is 5. The van der Waals surface area contributed by atoms with E-state index < -0.39 is 0 Å². The summed E-state index contributed by atoms with van der Waals surface area (Å²) in [6, 6.07) is 26.9. The van der Waals surface area contributed by atoms with Crippen LogP contribution in [0.4, 0.5) is 0 Å². The molecule has 3 aromatic rings. The van der Waals surface area contributed by atoms with Crippen molar-refractivity contribution in [2.75, 3.05) is 13.2 Å². The maximum Gasteiger partial charge on any atom is 0.119 e. The van der Waals surface area contributed by atoms with Crippen molar-refractivity contribution >= 4 is 6.08 Å². The molecule has 0 unspecified atom stereocenters. The Labute approximate surface area is 181 Å². The molecule has 156 valence electrons. The standard InChI is InChI=1S/C28H32O2/c1-2-24-14-18-27(19-15-24)29-22-10-5-3-4-6-11-23-30-28-20-16-26(17-21-28)25-12-8-7-9-13-25/h2,7-9,12-21H,1,3-6,10-11,22-23H2. The molecule has 0 atom stereocenters. The second-order valence-electron chi connectivity index (χ2n) is 7.48. The zero-order valence-corrected chi connectivity index (χ0v) is 17.8. The molecule has 0 amide bonds. The lowest BCUT2D eigenvalue weighted by atomic mass is 10.1. The van der Waals surface area contributed by atoms with E-state index in [1.165, 1.54) is 36.8 Å². The van der Waals surface area contributed by atoms with Gasteiger partial charge in [0.2, 0.25) is 0 Å². The normalized spacial score (nSPS) is 10.5. The molecule has 0 radical (unpaired) electrons. The van der Waals surface area contributed by atoms with Crippen LogP contribution in [0, 0.1) is 0 Å². The monoisotopic (exact) mass is 400 g/mol. The van der Waals surface area contributed by atoms with Crippen LogP contribution in [0.25, 0.3) is 17.2 Å². The topological polar surface area (TPSA) is 18.5 Å². The van der Waals surface area contributed by atoms with Crippen molar-refractivity contribution in [2.24, 2.45) is 0 Å². The Kier molecular flexibility index (Phi) is 9.07. The van der Waals surface area contributed by atoms with Crippen LogP contribution in [0.2, 0.25) is 0 Å². The highest BCUT2D eigenvalue weighted by molar-refractivity contribution is 5.63. The van der Waals surface area contributed by atoms with Crippen LogP contribution in [0.1, 0.15) is 44.1 Å². The fourth-order valence-electron chi connectivity index (χ4n) is 3.37. The molecule has 0 aliphatic heterocycles. The maximum atomic E-state index is 5.88. The average molecular weight is 401 g/mol. The van der Waals surface area contributed by atoms with E-state index in [2.05, 4.69) is 55.1 Å². The molecule has 3 rings (SSSR count). The summed E-state index contributed by atoms with van der Waals surface area (Å²) in [6.45, 7) is 5.34. The summed E-state index contributed by atoms with van der Waals surface area (Å²) in [4.78, 5) is 0. The molecule has 0 heterocycles. The van der Waals surface area contributed by atoms with Gasteiger partial charge >= 0.3 is 0 Å². The highest BCUT2D eigenvalue weighted by Crippen LogP contribution is 2.22. The third-order valence-electron chi connectivity index (χ3n) is 5.15. The van der Waals surface area contributed by atoms with E-state index in [0.717, 1.165) is 43.1 Å². The van der Waals surface area contributed by atoms with Crippen molar-refractivity contribution in [2.45, 2.75) is 38.5 Å². The molecule has 3 aromatic carbocycles. The van der Waals surface area contributed by atoms with Gasteiger partial charge in [-0.2, -0.15) is 0 Å². The molecule has 0 N–H and O–H groups in total. The van der Waals surface area contributed by atoms with Gasteiger partial charge in [-0.25, -0.2) is 0 Å². The summed E-state index contributed by atoms with van der Waals surface area (Å²) in [7, 11) is 0. The summed E-state index contributed by atoms with van der Waals surface area (Å²) in [5, 5.41) is 0. The van der Waals surface area contributed by atoms with E-state index in [1.807, 2.05) is 36.4 Å². The SMILES string of the molecule is C=Cc1ccc(OCCCCCCCCOc2ccc(-c3ccccc3)cc2)cc1. The van der Waals surface area contributed by atoms with E-state index in [9.17, 15) is 0 Å². The van der Waals surface area contributed by atoms with Gasteiger partial charge in [-0.3, -0.25) is 0 Å². The van der Waals surface area contributed by atoms with E-state index in [1.54, 1.807) is 0 Å². The molecule has 30 heavy (non-hydrogen) atoms. The Hall–Kier alpha value is -3.00. The Balaban J connectivity index is 1.19. The van der Waals surface area contributed by atoms with Gasteiger partial charge in [-0.05, 0) is 53.8 Å². The highest BCUT2D eigenvalue weighted by atomic mass is 16.5.